The van der Waals surface area contributed by atoms with Crippen molar-refractivity contribution in [2.75, 3.05) is 13.7 Å². The van der Waals surface area contributed by atoms with Crippen LogP contribution in [0.2, 0.25) is 0 Å². The second-order valence-electron chi connectivity index (χ2n) is 6.91. The predicted octanol–water partition coefficient (Wildman–Crippen LogP) is 4.68. The molecule has 1 rings (SSSR count). The molecule has 1 aromatic rings. The summed E-state index contributed by atoms with van der Waals surface area (Å²) in [5.41, 5.74) is 0.974. The fraction of sp³-hybridized carbons (Fsp3) is 0.714. The van der Waals surface area contributed by atoms with Crippen LogP contribution < -0.4 is 5.32 Å². The molecule has 29 heavy (non-hydrogen) atoms. The zero-order valence-electron chi connectivity index (χ0n) is 18.1. The average Bonchev–Trinajstić information content (AvgIpc) is 3.17. The first-order chi connectivity index (χ1) is 13.9. The van der Waals surface area contributed by atoms with E-state index >= 15 is 0 Å². The van der Waals surface area contributed by atoms with Gasteiger partial charge in [0, 0.05) is 31.6 Å². The quantitative estimate of drug-likeness (QED) is 0.200. The van der Waals surface area contributed by atoms with Gasteiger partial charge >= 0.3 is 5.97 Å². The predicted molar refractivity (Wildman–Crippen MR) is 114 cm³/mol. The summed E-state index contributed by atoms with van der Waals surface area (Å²) < 4.78 is 4.99. The fourth-order valence-electron chi connectivity index (χ4n) is 2.57. The molecule has 2 N–H and O–H groups in total. The molecule has 0 aromatic carbocycles. The molecule has 0 unspecified atom stereocenters. The van der Waals surface area contributed by atoms with E-state index in [0.29, 0.717) is 19.4 Å². The van der Waals surface area contributed by atoms with Gasteiger partial charge in [0.2, 0.25) is 5.91 Å². The molecule has 1 heterocycles. The van der Waals surface area contributed by atoms with E-state index in [1.165, 1.54) is 25.5 Å². The number of nitrogens with zero attached hydrogens (tertiary/aromatic N) is 1. The van der Waals surface area contributed by atoms with Crippen LogP contribution in [-0.2, 0) is 20.7 Å². The van der Waals surface area contributed by atoms with Crippen molar-refractivity contribution in [1.29, 1.82) is 0 Å². The van der Waals surface area contributed by atoms with Crippen LogP contribution >= 0.6 is 0 Å². The first-order valence-electron chi connectivity index (χ1n) is 10.6. The zero-order chi connectivity index (χ0) is 21.9. The van der Waals surface area contributed by atoms with Crippen molar-refractivity contribution >= 4 is 17.6 Å². The van der Waals surface area contributed by atoms with Crippen molar-refractivity contribution in [1.82, 2.24) is 10.3 Å². The van der Waals surface area contributed by atoms with E-state index < -0.39 is 4.92 Å². The summed E-state index contributed by atoms with van der Waals surface area (Å²) in [5.74, 6) is 0.00881. The maximum absolute atomic E-state index is 10.9. The van der Waals surface area contributed by atoms with Gasteiger partial charge in [-0.2, -0.15) is 0 Å². The lowest BCUT2D eigenvalue weighted by molar-refractivity contribution is -0.384. The molecule has 8 heteroatoms. The van der Waals surface area contributed by atoms with Crippen molar-refractivity contribution in [2.24, 2.45) is 0 Å². The van der Waals surface area contributed by atoms with Crippen molar-refractivity contribution in [3.05, 3.63) is 28.1 Å². The summed E-state index contributed by atoms with van der Waals surface area (Å²) in [6.45, 7) is 4.76. The normalized spacial score (nSPS) is 10.0. The van der Waals surface area contributed by atoms with E-state index in [4.69, 9.17) is 4.74 Å². The van der Waals surface area contributed by atoms with Crippen LogP contribution in [0.5, 0.6) is 0 Å². The minimum Gasteiger partial charge on any atom is -0.466 e. The number of hydrogen-bond acceptors (Lipinski definition) is 5. The maximum atomic E-state index is 10.9. The minimum absolute atomic E-state index is 0.0472. The molecule has 0 spiro atoms. The topological polar surface area (TPSA) is 114 Å². The Morgan fingerprint density at radius 1 is 1.07 bits per heavy atom. The lowest BCUT2D eigenvalue weighted by Gasteiger charge is -2.02. The van der Waals surface area contributed by atoms with Crippen LogP contribution in [0.4, 0.5) is 5.69 Å². The number of nitro groups is 1. The van der Waals surface area contributed by atoms with E-state index in [-0.39, 0.29) is 17.6 Å². The van der Waals surface area contributed by atoms with Gasteiger partial charge in [-0.05, 0) is 32.1 Å². The third kappa shape index (κ3) is 15.2. The first-order valence-corrected chi connectivity index (χ1v) is 10.6. The molecule has 0 aliphatic heterocycles. The molecule has 8 nitrogen and oxygen atoms in total. The Hall–Kier alpha value is -2.38. The molecule has 0 saturated heterocycles. The third-order valence-electron chi connectivity index (χ3n) is 4.28. The number of carbonyl (C=O) groups is 2. The molecule has 0 radical (unpaired) electrons. The summed E-state index contributed by atoms with van der Waals surface area (Å²) >= 11 is 0. The molecular formula is C21H37N3O5. The minimum atomic E-state index is -0.411. The van der Waals surface area contributed by atoms with Crippen molar-refractivity contribution in [3.63, 3.8) is 0 Å². The number of amides is 1. The smallest absolute Gasteiger partial charge is 0.305 e. The Labute approximate surface area is 173 Å². The number of aryl methyl sites for hydroxylation is 1. The van der Waals surface area contributed by atoms with E-state index in [9.17, 15) is 19.7 Å². The number of aromatic amines is 1. The Kier molecular flexibility index (Phi) is 16.2. The van der Waals surface area contributed by atoms with E-state index in [1.54, 1.807) is 13.1 Å². The fourth-order valence-corrected chi connectivity index (χ4v) is 2.57. The number of rotatable bonds is 14. The highest BCUT2D eigenvalue weighted by Gasteiger charge is 2.08. The van der Waals surface area contributed by atoms with E-state index in [1.807, 2.05) is 6.92 Å². The number of ether oxygens (including phenoxy) is 1. The van der Waals surface area contributed by atoms with Gasteiger partial charge in [-0.1, -0.05) is 39.5 Å². The van der Waals surface area contributed by atoms with Crippen LogP contribution in [0.15, 0.2) is 12.3 Å². The second kappa shape index (κ2) is 17.7. The van der Waals surface area contributed by atoms with Gasteiger partial charge in [0.1, 0.15) is 0 Å². The third-order valence-corrected chi connectivity index (χ3v) is 4.28. The van der Waals surface area contributed by atoms with Crippen LogP contribution in [0.25, 0.3) is 0 Å². The van der Waals surface area contributed by atoms with Crippen LogP contribution in [0.3, 0.4) is 0 Å². The number of aromatic nitrogens is 1. The average molecular weight is 412 g/mol. The summed E-state index contributed by atoms with van der Waals surface area (Å²) in [6, 6.07) is 1.55. The molecular weight excluding hydrogens is 374 g/mol. The van der Waals surface area contributed by atoms with Crippen LogP contribution in [0.1, 0.15) is 83.7 Å². The van der Waals surface area contributed by atoms with Gasteiger partial charge in [0.15, 0.2) is 0 Å². The second-order valence-corrected chi connectivity index (χ2v) is 6.91. The molecule has 0 saturated carbocycles. The summed E-state index contributed by atoms with van der Waals surface area (Å²) in [5, 5.41) is 13.0. The Bertz CT molecular complexity index is 587. The Morgan fingerprint density at radius 2 is 1.79 bits per heavy atom. The van der Waals surface area contributed by atoms with Crippen molar-refractivity contribution < 1.29 is 19.2 Å². The highest BCUT2D eigenvalue weighted by atomic mass is 16.6. The monoisotopic (exact) mass is 411 g/mol. The largest absolute Gasteiger partial charge is 0.466 e. The van der Waals surface area contributed by atoms with Gasteiger partial charge in [0.05, 0.1) is 17.7 Å². The number of H-pyrrole nitrogens is 1. The summed E-state index contributed by atoms with van der Waals surface area (Å²) in [6.07, 6.45) is 11.6. The maximum Gasteiger partial charge on any atom is 0.305 e. The molecule has 0 atom stereocenters. The standard InChI is InChI=1S/C11H17N3O3.C10H20O2/c1-12-11(15)6-4-2-3-5-9-7-10(8-13-9)14(16)17;1-3-5-6-7-9-12-10(11)8-4-2/h7-8,13H,2-6H2,1H3,(H,12,15);3-9H2,1-2H3. The molecule has 1 aromatic heterocycles. The first kappa shape index (κ1) is 26.6. The summed E-state index contributed by atoms with van der Waals surface area (Å²) in [7, 11) is 1.63. The van der Waals surface area contributed by atoms with Gasteiger partial charge < -0.3 is 15.0 Å². The highest BCUT2D eigenvalue weighted by Crippen LogP contribution is 2.14. The SMILES string of the molecule is CCCCCCOC(=O)CCC.CNC(=O)CCCCCc1cc([N+](=O)[O-])c[nH]1. The van der Waals surface area contributed by atoms with Gasteiger partial charge in [-0.15, -0.1) is 0 Å². The highest BCUT2D eigenvalue weighted by molar-refractivity contribution is 5.75. The van der Waals surface area contributed by atoms with E-state index in [0.717, 1.165) is 44.2 Å². The van der Waals surface area contributed by atoms with Crippen molar-refractivity contribution in [2.45, 2.75) is 84.5 Å². The number of esters is 1. The van der Waals surface area contributed by atoms with Crippen LogP contribution in [-0.4, -0.2) is 35.4 Å². The molecule has 0 bridgehead atoms. The van der Waals surface area contributed by atoms with Gasteiger partial charge in [-0.3, -0.25) is 19.7 Å². The number of carbonyl (C=O) groups excluding carboxylic acids is 2. The number of unbranched alkanes of at least 4 members (excludes halogenated alkanes) is 5. The number of nitrogens with one attached hydrogen (secondary N) is 2. The lowest BCUT2D eigenvalue weighted by Crippen LogP contribution is -2.16. The Morgan fingerprint density at radius 3 is 2.38 bits per heavy atom. The van der Waals surface area contributed by atoms with Crippen LogP contribution in [0, 0.1) is 10.1 Å². The summed E-state index contributed by atoms with van der Waals surface area (Å²) in [4.78, 5) is 34.7. The Balaban J connectivity index is 0.000000578. The van der Waals surface area contributed by atoms with Crippen molar-refractivity contribution in [3.8, 4) is 0 Å². The number of hydrogen-bond donors (Lipinski definition) is 2. The molecule has 0 aliphatic carbocycles. The molecule has 0 fully saturated rings. The van der Waals surface area contributed by atoms with E-state index in [2.05, 4.69) is 17.2 Å². The molecule has 166 valence electrons. The zero-order valence-corrected chi connectivity index (χ0v) is 18.1. The molecule has 0 aliphatic rings. The van der Waals surface area contributed by atoms with Gasteiger partial charge in [-0.25, -0.2) is 0 Å². The van der Waals surface area contributed by atoms with Gasteiger partial charge in [0.25, 0.3) is 5.69 Å². The molecule has 1 amide bonds. The lowest BCUT2D eigenvalue weighted by atomic mass is 10.1.